The van der Waals surface area contributed by atoms with E-state index < -0.39 is 5.60 Å². The molecule has 0 aliphatic carbocycles. The van der Waals surface area contributed by atoms with Crippen LogP contribution in [0.3, 0.4) is 0 Å². The zero-order chi connectivity index (χ0) is 28.3. The fourth-order valence-corrected chi connectivity index (χ4v) is 5.76. The number of piperidine rings is 1. The molecule has 3 aromatic rings. The van der Waals surface area contributed by atoms with Gasteiger partial charge in [-0.3, -0.25) is 4.79 Å². The Morgan fingerprint density at radius 3 is 2.23 bits per heavy atom. The van der Waals surface area contributed by atoms with E-state index in [1.807, 2.05) is 68.4 Å². The Morgan fingerprint density at radius 1 is 0.925 bits per heavy atom. The smallest absolute Gasteiger partial charge is 0.410 e. The topological polar surface area (TPSA) is 70.9 Å². The molecule has 8 nitrogen and oxygen atoms in total. The molecule has 1 aromatic heterocycles. The van der Waals surface area contributed by atoms with Gasteiger partial charge in [0, 0.05) is 31.2 Å². The van der Waals surface area contributed by atoms with Crippen LogP contribution < -0.4 is 0 Å². The van der Waals surface area contributed by atoms with Crippen LogP contribution in [0.5, 0.6) is 0 Å². The summed E-state index contributed by atoms with van der Waals surface area (Å²) < 4.78 is 7.90. The van der Waals surface area contributed by atoms with Crippen LogP contribution in [0.4, 0.5) is 4.79 Å². The van der Waals surface area contributed by atoms with Crippen molar-refractivity contribution in [1.29, 1.82) is 0 Å². The number of rotatable bonds is 5. The van der Waals surface area contributed by atoms with E-state index in [9.17, 15) is 9.59 Å². The van der Waals surface area contributed by atoms with Crippen LogP contribution in [-0.2, 0) is 11.2 Å². The van der Waals surface area contributed by atoms with Crippen LogP contribution in [0.2, 0.25) is 0 Å². The molecule has 0 N–H and O–H groups in total. The number of carbonyl (C=O) groups excluding carboxylic acids is 2. The van der Waals surface area contributed by atoms with Gasteiger partial charge in [-0.1, -0.05) is 60.7 Å². The van der Waals surface area contributed by atoms with Gasteiger partial charge in [0.15, 0.2) is 5.69 Å². The molecule has 5 rings (SSSR count). The van der Waals surface area contributed by atoms with Crippen molar-refractivity contribution in [3.63, 3.8) is 0 Å². The van der Waals surface area contributed by atoms with Crippen molar-refractivity contribution in [2.45, 2.75) is 57.7 Å². The standard InChI is InChI=1S/C32H41N5O3/c1-32(2,3)40-31(39)35-19-20-36(27(22-35)21-24-11-7-5-8-12-24)30(38)28-29(25-13-9-6-10-14-25)37(23-33-28)26-15-17-34(4)18-16-26/h5-14,23,26-27H,15-22H2,1-4H3/t27-/m1/s1. The molecule has 0 unspecified atom stereocenters. The zero-order valence-corrected chi connectivity index (χ0v) is 24.1. The van der Waals surface area contributed by atoms with E-state index in [0.717, 1.165) is 42.8 Å². The minimum atomic E-state index is -0.579. The van der Waals surface area contributed by atoms with Crippen molar-refractivity contribution in [1.82, 2.24) is 24.3 Å². The lowest BCUT2D eigenvalue weighted by molar-refractivity contribution is 0.00429. The summed E-state index contributed by atoms with van der Waals surface area (Å²) in [7, 11) is 2.15. The maximum atomic E-state index is 14.4. The first kappa shape index (κ1) is 27.9. The number of benzene rings is 2. The third-order valence-electron chi connectivity index (χ3n) is 7.83. The van der Waals surface area contributed by atoms with Crippen molar-refractivity contribution in [2.24, 2.45) is 0 Å². The number of imidazole rings is 1. The van der Waals surface area contributed by atoms with Gasteiger partial charge < -0.3 is 24.0 Å². The summed E-state index contributed by atoms with van der Waals surface area (Å²) >= 11 is 0. The quantitative estimate of drug-likeness (QED) is 0.447. The highest BCUT2D eigenvalue weighted by Gasteiger charge is 2.37. The maximum absolute atomic E-state index is 14.4. The fourth-order valence-electron chi connectivity index (χ4n) is 5.76. The van der Waals surface area contributed by atoms with Crippen molar-refractivity contribution >= 4 is 12.0 Å². The molecular weight excluding hydrogens is 502 g/mol. The Balaban J connectivity index is 1.46. The van der Waals surface area contributed by atoms with Gasteiger partial charge in [-0.15, -0.1) is 0 Å². The summed E-state index contributed by atoms with van der Waals surface area (Å²) in [5, 5.41) is 0. The number of carbonyl (C=O) groups is 2. The average molecular weight is 544 g/mol. The van der Waals surface area contributed by atoms with Crippen LogP contribution >= 0.6 is 0 Å². The third-order valence-corrected chi connectivity index (χ3v) is 7.83. The molecule has 0 saturated carbocycles. The number of ether oxygens (including phenoxy) is 1. The molecule has 2 aliphatic heterocycles. The van der Waals surface area contributed by atoms with E-state index in [1.165, 1.54) is 0 Å². The second-order valence-corrected chi connectivity index (χ2v) is 12.0. The number of piperazine rings is 1. The van der Waals surface area contributed by atoms with Crippen molar-refractivity contribution in [2.75, 3.05) is 39.8 Å². The molecule has 0 spiro atoms. The number of amides is 2. The van der Waals surface area contributed by atoms with Gasteiger partial charge in [-0.2, -0.15) is 0 Å². The van der Waals surface area contributed by atoms with E-state index in [1.54, 1.807) is 4.90 Å². The first-order chi connectivity index (χ1) is 19.2. The van der Waals surface area contributed by atoms with Gasteiger partial charge >= 0.3 is 6.09 Å². The van der Waals surface area contributed by atoms with Crippen molar-refractivity contribution in [3.05, 3.63) is 78.2 Å². The highest BCUT2D eigenvalue weighted by atomic mass is 16.6. The van der Waals surface area contributed by atoms with E-state index in [0.29, 0.717) is 37.8 Å². The van der Waals surface area contributed by atoms with Gasteiger partial charge in [-0.25, -0.2) is 9.78 Å². The summed E-state index contributed by atoms with van der Waals surface area (Å²) in [4.78, 5) is 38.1. The largest absolute Gasteiger partial charge is 0.444 e. The predicted molar refractivity (Wildman–Crippen MR) is 156 cm³/mol. The van der Waals surface area contributed by atoms with E-state index in [4.69, 9.17) is 9.72 Å². The molecule has 2 saturated heterocycles. The molecule has 2 aliphatic rings. The van der Waals surface area contributed by atoms with Gasteiger partial charge in [-0.05, 0) is 65.7 Å². The molecule has 3 heterocycles. The Bertz CT molecular complexity index is 1290. The first-order valence-electron chi connectivity index (χ1n) is 14.3. The molecule has 2 aromatic carbocycles. The molecule has 0 bridgehead atoms. The lowest BCUT2D eigenvalue weighted by Gasteiger charge is -2.41. The van der Waals surface area contributed by atoms with Gasteiger partial charge in [0.05, 0.1) is 18.1 Å². The molecule has 40 heavy (non-hydrogen) atoms. The Labute approximate surface area is 237 Å². The van der Waals surface area contributed by atoms with E-state index >= 15 is 0 Å². The summed E-state index contributed by atoms with van der Waals surface area (Å²) in [6, 6.07) is 20.4. The molecular formula is C32H41N5O3. The number of nitrogens with zero attached hydrogens (tertiary/aromatic N) is 5. The van der Waals surface area contributed by atoms with Gasteiger partial charge in [0.2, 0.25) is 0 Å². The fraction of sp³-hybridized carbons (Fsp3) is 0.469. The Morgan fingerprint density at radius 2 is 1.57 bits per heavy atom. The van der Waals surface area contributed by atoms with E-state index in [-0.39, 0.29) is 18.0 Å². The highest BCUT2D eigenvalue weighted by molar-refractivity contribution is 5.98. The monoisotopic (exact) mass is 543 g/mol. The van der Waals surface area contributed by atoms with Gasteiger partial charge in [0.25, 0.3) is 5.91 Å². The summed E-state index contributed by atoms with van der Waals surface area (Å²) in [6.07, 6.45) is 4.20. The minimum absolute atomic E-state index is 0.0877. The highest BCUT2D eigenvalue weighted by Crippen LogP contribution is 2.32. The average Bonchev–Trinajstić information content (AvgIpc) is 3.38. The van der Waals surface area contributed by atoms with Crippen molar-refractivity contribution in [3.8, 4) is 11.3 Å². The lowest BCUT2D eigenvalue weighted by Crippen LogP contribution is -2.58. The second-order valence-electron chi connectivity index (χ2n) is 12.0. The minimum Gasteiger partial charge on any atom is -0.444 e. The second kappa shape index (κ2) is 11.8. The number of aromatic nitrogens is 2. The van der Waals surface area contributed by atoms with Crippen LogP contribution in [0, 0.1) is 0 Å². The third kappa shape index (κ3) is 6.39. The number of hydrogen-bond acceptors (Lipinski definition) is 5. The molecule has 2 amide bonds. The molecule has 212 valence electrons. The van der Waals surface area contributed by atoms with Crippen LogP contribution in [0.1, 0.15) is 55.7 Å². The Kier molecular flexibility index (Phi) is 8.26. The van der Waals surface area contributed by atoms with Crippen molar-refractivity contribution < 1.29 is 14.3 Å². The van der Waals surface area contributed by atoms with Crippen LogP contribution in [-0.4, -0.2) is 87.7 Å². The predicted octanol–water partition coefficient (Wildman–Crippen LogP) is 5.12. The normalized spacial score (nSPS) is 19.1. The van der Waals surface area contributed by atoms with Crippen LogP contribution in [0.25, 0.3) is 11.3 Å². The maximum Gasteiger partial charge on any atom is 0.410 e. The summed E-state index contributed by atoms with van der Waals surface area (Å²) in [5.41, 5.74) is 2.90. The Hall–Kier alpha value is -3.65. The molecule has 2 fully saturated rings. The summed E-state index contributed by atoms with van der Waals surface area (Å²) in [5.74, 6) is -0.0877. The number of likely N-dealkylation sites (tertiary alicyclic amines) is 1. The number of hydrogen-bond donors (Lipinski definition) is 0. The lowest BCUT2D eigenvalue weighted by atomic mass is 10.0. The molecule has 0 radical (unpaired) electrons. The van der Waals surface area contributed by atoms with Gasteiger partial charge in [0.1, 0.15) is 5.60 Å². The van der Waals surface area contributed by atoms with Crippen LogP contribution in [0.15, 0.2) is 67.0 Å². The molecule has 1 atom stereocenters. The van der Waals surface area contributed by atoms with E-state index in [2.05, 4.69) is 40.8 Å². The summed E-state index contributed by atoms with van der Waals surface area (Å²) in [6.45, 7) is 8.91. The first-order valence-corrected chi connectivity index (χ1v) is 14.3. The zero-order valence-electron chi connectivity index (χ0n) is 24.1. The molecule has 8 heteroatoms. The SMILES string of the molecule is CN1CCC(n2cnc(C(=O)N3CCN(C(=O)OC(C)(C)C)C[C@H]3Cc3ccccc3)c2-c2ccccc2)CC1.